The van der Waals surface area contributed by atoms with Crippen molar-refractivity contribution in [2.75, 3.05) is 6.54 Å². The second kappa shape index (κ2) is 5.68. The van der Waals surface area contributed by atoms with Crippen LogP contribution in [-0.2, 0) is 6.42 Å². The summed E-state index contributed by atoms with van der Waals surface area (Å²) in [6.45, 7) is 2.39. The monoisotopic (exact) mass is 265 g/mol. The first-order valence-corrected chi connectivity index (χ1v) is 6.33. The van der Waals surface area contributed by atoms with Crippen LogP contribution in [0.3, 0.4) is 0 Å². The Kier molecular flexibility index (Phi) is 3.99. The lowest BCUT2D eigenvalue weighted by molar-refractivity contribution is 0.0950. The molecule has 2 aromatic heterocycles. The molecule has 0 fully saturated rings. The lowest BCUT2D eigenvalue weighted by Crippen LogP contribution is -2.26. The topological polar surface area (TPSA) is 54.9 Å². The number of carbonyl (C=O) groups is 1. The minimum atomic E-state index is -0.607. The zero-order valence-corrected chi connectivity index (χ0v) is 10.6. The van der Waals surface area contributed by atoms with Crippen LogP contribution in [0, 0.1) is 12.7 Å². The van der Waals surface area contributed by atoms with Crippen molar-refractivity contribution in [2.45, 2.75) is 13.3 Å². The third-order valence-electron chi connectivity index (χ3n) is 2.50. The van der Waals surface area contributed by atoms with Crippen LogP contribution in [0.4, 0.5) is 4.39 Å². The van der Waals surface area contributed by atoms with Gasteiger partial charge in [0.25, 0.3) is 5.91 Å². The Morgan fingerprint density at radius 2 is 2.39 bits per heavy atom. The number of aryl methyl sites for hydroxylation is 1. The number of pyridine rings is 1. The van der Waals surface area contributed by atoms with Gasteiger partial charge in [-0.25, -0.2) is 9.37 Å². The van der Waals surface area contributed by atoms with Gasteiger partial charge < -0.3 is 5.32 Å². The molecule has 0 saturated heterocycles. The Morgan fingerprint density at radius 1 is 1.56 bits per heavy atom. The number of hydrogen-bond donors (Lipinski definition) is 1. The second-order valence-corrected chi connectivity index (χ2v) is 4.66. The van der Waals surface area contributed by atoms with Gasteiger partial charge in [0.05, 0.1) is 23.0 Å². The molecule has 2 rings (SSSR count). The molecule has 0 aliphatic rings. The van der Waals surface area contributed by atoms with E-state index in [4.69, 9.17) is 0 Å². The number of halogens is 1. The van der Waals surface area contributed by atoms with E-state index in [0.29, 0.717) is 13.0 Å². The highest BCUT2D eigenvalue weighted by atomic mass is 32.1. The zero-order chi connectivity index (χ0) is 13.0. The first-order chi connectivity index (χ1) is 8.68. The highest BCUT2D eigenvalue weighted by Gasteiger charge is 2.10. The second-order valence-electron chi connectivity index (χ2n) is 3.72. The highest BCUT2D eigenvalue weighted by molar-refractivity contribution is 7.09. The quantitative estimate of drug-likeness (QED) is 0.919. The Hall–Kier alpha value is -1.82. The van der Waals surface area contributed by atoms with E-state index in [1.165, 1.54) is 12.3 Å². The summed E-state index contributed by atoms with van der Waals surface area (Å²) in [5.41, 5.74) is 2.77. The Bertz CT molecular complexity index is 556. The molecule has 6 heteroatoms. The smallest absolute Gasteiger partial charge is 0.254 e. The number of hydrogen-bond acceptors (Lipinski definition) is 4. The van der Waals surface area contributed by atoms with Gasteiger partial charge in [0.1, 0.15) is 0 Å². The average molecular weight is 265 g/mol. The van der Waals surface area contributed by atoms with E-state index in [0.717, 1.165) is 16.8 Å². The number of carbonyl (C=O) groups excluding carboxylic acids is 1. The molecule has 0 bridgehead atoms. The maximum Gasteiger partial charge on any atom is 0.254 e. The molecule has 18 heavy (non-hydrogen) atoms. The molecule has 0 aliphatic carbocycles. The van der Waals surface area contributed by atoms with Gasteiger partial charge in [0.2, 0.25) is 0 Å². The molecule has 0 radical (unpaired) electrons. The minimum absolute atomic E-state index is 0.0195. The van der Waals surface area contributed by atoms with Crippen LogP contribution in [-0.4, -0.2) is 22.4 Å². The summed E-state index contributed by atoms with van der Waals surface area (Å²) in [5.74, 6) is -1.03. The maximum absolute atomic E-state index is 13.3. The molecule has 2 heterocycles. The molecule has 4 nitrogen and oxygen atoms in total. The number of rotatable bonds is 4. The molecule has 1 N–H and O–H groups in total. The summed E-state index contributed by atoms with van der Waals surface area (Å²) >= 11 is 1.55. The largest absolute Gasteiger partial charge is 0.352 e. The van der Waals surface area contributed by atoms with Gasteiger partial charge in [-0.05, 0) is 13.0 Å². The maximum atomic E-state index is 13.3. The van der Waals surface area contributed by atoms with Crippen molar-refractivity contribution in [3.05, 3.63) is 45.9 Å². The van der Waals surface area contributed by atoms with Crippen molar-refractivity contribution in [3.8, 4) is 0 Å². The number of nitrogens with one attached hydrogen (secondary N) is 1. The molecule has 94 valence electrons. The molecule has 0 atom stereocenters. The van der Waals surface area contributed by atoms with Crippen molar-refractivity contribution in [3.63, 3.8) is 0 Å². The minimum Gasteiger partial charge on any atom is -0.352 e. The van der Waals surface area contributed by atoms with Gasteiger partial charge >= 0.3 is 0 Å². The van der Waals surface area contributed by atoms with Crippen LogP contribution in [0.25, 0.3) is 0 Å². The van der Waals surface area contributed by atoms with Gasteiger partial charge in [-0.2, -0.15) is 0 Å². The molecule has 0 aliphatic heterocycles. The van der Waals surface area contributed by atoms with E-state index in [2.05, 4.69) is 15.3 Å². The van der Waals surface area contributed by atoms with Gasteiger partial charge in [0, 0.05) is 24.0 Å². The van der Waals surface area contributed by atoms with Crippen LogP contribution in [0.1, 0.15) is 20.9 Å². The third-order valence-corrected chi connectivity index (χ3v) is 3.49. The van der Waals surface area contributed by atoms with Crippen LogP contribution >= 0.6 is 11.3 Å². The van der Waals surface area contributed by atoms with Gasteiger partial charge in [0.15, 0.2) is 5.82 Å². The van der Waals surface area contributed by atoms with Crippen LogP contribution in [0.2, 0.25) is 0 Å². The Balaban J connectivity index is 1.90. The summed E-state index contributed by atoms with van der Waals surface area (Å²) in [4.78, 5) is 20.5. The van der Waals surface area contributed by atoms with Gasteiger partial charge in [-0.3, -0.25) is 9.78 Å². The molecular weight excluding hydrogens is 253 g/mol. The Morgan fingerprint density at radius 3 is 3.06 bits per heavy atom. The number of amides is 1. The van der Waals surface area contributed by atoms with Crippen molar-refractivity contribution in [1.29, 1.82) is 0 Å². The summed E-state index contributed by atoms with van der Waals surface area (Å²) in [6, 6.07) is 1.36. The highest BCUT2D eigenvalue weighted by Crippen LogP contribution is 2.12. The lowest BCUT2D eigenvalue weighted by Gasteiger charge is -2.05. The number of nitrogens with zero attached hydrogens (tertiary/aromatic N) is 2. The standard InChI is InChI=1S/C12H12FN3OS/c1-8-11(18-7-16-8)3-5-15-12(17)9-2-4-14-6-10(9)13/h2,4,6-7H,3,5H2,1H3,(H,15,17). The van der Waals surface area contributed by atoms with Crippen LogP contribution < -0.4 is 5.32 Å². The predicted octanol–water partition coefficient (Wildman–Crippen LogP) is 1.96. The molecule has 2 aromatic rings. The number of thiazole rings is 1. The average Bonchev–Trinajstić information content (AvgIpc) is 2.75. The van der Waals surface area contributed by atoms with E-state index in [1.54, 1.807) is 16.8 Å². The first-order valence-electron chi connectivity index (χ1n) is 5.45. The zero-order valence-electron chi connectivity index (χ0n) is 9.81. The van der Waals surface area contributed by atoms with Crippen molar-refractivity contribution >= 4 is 17.2 Å². The van der Waals surface area contributed by atoms with E-state index >= 15 is 0 Å². The number of aromatic nitrogens is 2. The molecule has 1 amide bonds. The van der Waals surface area contributed by atoms with Crippen LogP contribution in [0.15, 0.2) is 24.0 Å². The lowest BCUT2D eigenvalue weighted by atomic mass is 10.2. The fraction of sp³-hybridized carbons (Fsp3) is 0.250. The summed E-state index contributed by atoms with van der Waals surface area (Å²) in [5, 5.41) is 2.68. The third kappa shape index (κ3) is 2.89. The predicted molar refractivity (Wildman–Crippen MR) is 67.1 cm³/mol. The molecule has 0 spiro atoms. The molecule has 0 unspecified atom stereocenters. The normalized spacial score (nSPS) is 10.3. The van der Waals surface area contributed by atoms with Gasteiger partial charge in [-0.15, -0.1) is 11.3 Å². The first kappa shape index (κ1) is 12.6. The fourth-order valence-corrected chi connectivity index (χ4v) is 2.29. The van der Waals surface area contributed by atoms with Crippen molar-refractivity contribution < 1.29 is 9.18 Å². The van der Waals surface area contributed by atoms with E-state index in [1.807, 2.05) is 6.92 Å². The summed E-state index contributed by atoms with van der Waals surface area (Å²) in [7, 11) is 0. The van der Waals surface area contributed by atoms with E-state index in [-0.39, 0.29) is 5.56 Å². The molecular formula is C12H12FN3OS. The SMILES string of the molecule is Cc1ncsc1CCNC(=O)c1ccncc1F. The van der Waals surface area contributed by atoms with E-state index < -0.39 is 11.7 Å². The Labute approximate surface area is 108 Å². The van der Waals surface area contributed by atoms with E-state index in [9.17, 15) is 9.18 Å². The van der Waals surface area contributed by atoms with Crippen molar-refractivity contribution in [1.82, 2.24) is 15.3 Å². The summed E-state index contributed by atoms with van der Waals surface area (Å²) in [6.07, 6.45) is 3.13. The molecule has 0 saturated carbocycles. The van der Waals surface area contributed by atoms with Gasteiger partial charge in [-0.1, -0.05) is 0 Å². The van der Waals surface area contributed by atoms with Crippen molar-refractivity contribution in [2.24, 2.45) is 0 Å². The molecule has 0 aromatic carbocycles. The summed E-state index contributed by atoms with van der Waals surface area (Å²) < 4.78 is 13.3. The fourth-order valence-electron chi connectivity index (χ4n) is 1.51. The van der Waals surface area contributed by atoms with Crippen LogP contribution in [0.5, 0.6) is 0 Å².